The number of benzene rings is 1. The molecule has 8 heteroatoms. The highest BCUT2D eigenvalue weighted by Gasteiger charge is 2.25. The summed E-state index contributed by atoms with van der Waals surface area (Å²) >= 11 is 0. The monoisotopic (exact) mass is 513 g/mol. The van der Waals surface area contributed by atoms with E-state index < -0.39 is 0 Å². The van der Waals surface area contributed by atoms with Gasteiger partial charge in [0.1, 0.15) is 18.5 Å². The van der Waals surface area contributed by atoms with Crippen molar-refractivity contribution in [2.24, 2.45) is 12.0 Å². The fraction of sp³-hybridized carbons (Fsp3) is 0.524. The number of nitrogens with one attached hydrogen (secondary N) is 1. The number of halogens is 1. The van der Waals surface area contributed by atoms with Crippen LogP contribution in [0.4, 0.5) is 0 Å². The van der Waals surface area contributed by atoms with Gasteiger partial charge >= 0.3 is 0 Å². The topological polar surface area (TPSA) is 63.9 Å². The molecule has 1 fully saturated rings. The predicted octanol–water partition coefficient (Wildman–Crippen LogP) is 3.19. The summed E-state index contributed by atoms with van der Waals surface area (Å²) in [6, 6.07) is 8.22. The lowest BCUT2D eigenvalue weighted by atomic mass is 10.0. The average Bonchev–Trinajstić information content (AvgIpc) is 3.15. The van der Waals surface area contributed by atoms with Gasteiger partial charge in [-0.2, -0.15) is 5.10 Å². The minimum Gasteiger partial charge on any atom is -0.491 e. The molecule has 0 spiro atoms. The molecule has 160 valence electrons. The van der Waals surface area contributed by atoms with Crippen LogP contribution in [0, 0.1) is 0 Å². The quantitative estimate of drug-likeness (QED) is 0.278. The number of ether oxygens (including phenoxy) is 2. The highest BCUT2D eigenvalue weighted by atomic mass is 127. The summed E-state index contributed by atoms with van der Waals surface area (Å²) in [4.78, 5) is 6.66. The van der Waals surface area contributed by atoms with E-state index in [-0.39, 0.29) is 30.1 Å². The molecule has 0 radical (unpaired) electrons. The molecule has 0 saturated carbocycles. The molecule has 2 aromatic rings. The Bertz CT molecular complexity index is 793. The van der Waals surface area contributed by atoms with Crippen LogP contribution in [0.25, 0.3) is 0 Å². The van der Waals surface area contributed by atoms with E-state index >= 15 is 0 Å². The maximum atomic E-state index is 6.00. The van der Waals surface area contributed by atoms with Gasteiger partial charge in [0.15, 0.2) is 5.96 Å². The normalized spacial score (nSPS) is 17.2. The third-order valence-electron chi connectivity index (χ3n) is 4.86. The zero-order valence-corrected chi connectivity index (χ0v) is 20.0. The van der Waals surface area contributed by atoms with Crippen molar-refractivity contribution in [3.05, 3.63) is 47.8 Å². The Morgan fingerprint density at radius 3 is 2.86 bits per heavy atom. The van der Waals surface area contributed by atoms with E-state index in [1.54, 1.807) is 4.68 Å². The van der Waals surface area contributed by atoms with E-state index in [4.69, 9.17) is 9.47 Å². The summed E-state index contributed by atoms with van der Waals surface area (Å²) in [5.74, 6) is 2.27. The first-order valence-electron chi connectivity index (χ1n) is 9.86. The van der Waals surface area contributed by atoms with E-state index in [0.29, 0.717) is 25.7 Å². The van der Waals surface area contributed by atoms with Crippen LogP contribution in [-0.4, -0.2) is 60.5 Å². The molecule has 1 unspecified atom stereocenters. The second-order valence-electron chi connectivity index (χ2n) is 7.27. The minimum atomic E-state index is 0. The fourth-order valence-corrected chi connectivity index (χ4v) is 3.39. The molecule has 0 aliphatic carbocycles. The van der Waals surface area contributed by atoms with Crippen molar-refractivity contribution >= 4 is 29.9 Å². The molecule has 7 nitrogen and oxygen atoms in total. The number of para-hydroxylation sites is 1. The Morgan fingerprint density at radius 1 is 1.38 bits per heavy atom. The maximum absolute atomic E-state index is 6.00. The smallest absolute Gasteiger partial charge is 0.193 e. The van der Waals surface area contributed by atoms with Gasteiger partial charge in [0, 0.05) is 32.4 Å². The van der Waals surface area contributed by atoms with E-state index in [1.807, 2.05) is 38.6 Å². The number of aryl methyl sites for hydroxylation is 1. The zero-order chi connectivity index (χ0) is 19.9. The largest absolute Gasteiger partial charge is 0.491 e. The van der Waals surface area contributed by atoms with Gasteiger partial charge in [-0.05, 0) is 17.5 Å². The molecule has 1 aliphatic rings. The Balaban J connectivity index is 0.00000300. The zero-order valence-electron chi connectivity index (χ0n) is 17.7. The van der Waals surface area contributed by atoms with Crippen LogP contribution in [-0.2, 0) is 11.8 Å². The lowest BCUT2D eigenvalue weighted by Crippen LogP contribution is -2.48. The van der Waals surface area contributed by atoms with E-state index in [2.05, 4.69) is 46.3 Å². The van der Waals surface area contributed by atoms with E-state index in [1.165, 1.54) is 5.56 Å². The summed E-state index contributed by atoms with van der Waals surface area (Å²) in [6.45, 7) is 7.86. The average molecular weight is 513 g/mol. The number of rotatable bonds is 6. The Kier molecular flexibility index (Phi) is 9.22. The molecule has 3 rings (SSSR count). The lowest BCUT2D eigenvalue weighted by molar-refractivity contribution is -0.00805. The standard InChI is InChI=1S/C21H31N5O2.HI/c1-16(2)18-7-5-6-8-19(18)27-11-9-23-21(22-3)26-10-12-28-20(15-26)17-13-24-25(4)14-17;/h5-8,13-14,16,20H,9-12,15H2,1-4H3,(H,22,23);1H. The summed E-state index contributed by atoms with van der Waals surface area (Å²) < 4.78 is 13.7. The summed E-state index contributed by atoms with van der Waals surface area (Å²) in [7, 11) is 3.73. The van der Waals surface area contributed by atoms with Crippen LogP contribution < -0.4 is 10.1 Å². The molecule has 1 atom stereocenters. The lowest BCUT2D eigenvalue weighted by Gasteiger charge is -2.34. The van der Waals surface area contributed by atoms with Crippen molar-refractivity contribution in [2.75, 3.05) is 39.9 Å². The van der Waals surface area contributed by atoms with E-state index in [9.17, 15) is 0 Å². The third-order valence-corrected chi connectivity index (χ3v) is 4.86. The third kappa shape index (κ3) is 6.33. The second-order valence-corrected chi connectivity index (χ2v) is 7.27. The van der Waals surface area contributed by atoms with Gasteiger partial charge in [-0.25, -0.2) is 0 Å². The first-order valence-corrected chi connectivity index (χ1v) is 9.86. The molecule has 29 heavy (non-hydrogen) atoms. The number of hydrogen-bond acceptors (Lipinski definition) is 4. The summed E-state index contributed by atoms with van der Waals surface area (Å²) in [5, 5.41) is 7.66. The van der Waals surface area contributed by atoms with Crippen LogP contribution in [0.15, 0.2) is 41.7 Å². The van der Waals surface area contributed by atoms with Gasteiger partial charge in [0.25, 0.3) is 0 Å². The Hall–Kier alpha value is -1.81. The van der Waals surface area contributed by atoms with Gasteiger partial charge < -0.3 is 19.7 Å². The predicted molar refractivity (Wildman–Crippen MR) is 126 cm³/mol. The molecular formula is C21H32IN5O2. The van der Waals surface area contributed by atoms with Crippen LogP contribution in [0.3, 0.4) is 0 Å². The highest BCUT2D eigenvalue weighted by molar-refractivity contribution is 14.0. The first kappa shape index (κ1) is 23.5. The SMILES string of the molecule is CN=C(NCCOc1ccccc1C(C)C)N1CCOC(c2cnn(C)c2)C1.I. The van der Waals surface area contributed by atoms with Crippen molar-refractivity contribution in [1.29, 1.82) is 0 Å². The number of hydrogen-bond donors (Lipinski definition) is 1. The maximum Gasteiger partial charge on any atom is 0.193 e. The first-order chi connectivity index (χ1) is 13.6. The van der Waals surface area contributed by atoms with Gasteiger partial charge in [-0.1, -0.05) is 32.0 Å². The summed E-state index contributed by atoms with van der Waals surface area (Å²) in [6.07, 6.45) is 3.88. The van der Waals surface area contributed by atoms with Crippen molar-refractivity contribution in [1.82, 2.24) is 20.0 Å². The molecule has 1 aromatic heterocycles. The van der Waals surface area contributed by atoms with Crippen molar-refractivity contribution in [3.63, 3.8) is 0 Å². The molecule has 1 saturated heterocycles. The van der Waals surface area contributed by atoms with Crippen molar-refractivity contribution < 1.29 is 9.47 Å². The molecule has 1 aliphatic heterocycles. The molecule has 0 amide bonds. The molecule has 0 bridgehead atoms. The van der Waals surface area contributed by atoms with Crippen molar-refractivity contribution in [3.8, 4) is 5.75 Å². The number of aromatic nitrogens is 2. The highest BCUT2D eigenvalue weighted by Crippen LogP contribution is 2.25. The molecule has 1 N–H and O–H groups in total. The number of nitrogens with zero attached hydrogens (tertiary/aromatic N) is 4. The van der Waals surface area contributed by atoms with Gasteiger partial charge in [-0.3, -0.25) is 9.67 Å². The summed E-state index contributed by atoms with van der Waals surface area (Å²) in [5.41, 5.74) is 2.33. The number of aliphatic imine (C=N–C) groups is 1. The van der Waals surface area contributed by atoms with Gasteiger partial charge in [0.2, 0.25) is 0 Å². The number of guanidine groups is 1. The molecule has 1 aromatic carbocycles. The molecular weight excluding hydrogens is 481 g/mol. The fourth-order valence-electron chi connectivity index (χ4n) is 3.39. The van der Waals surface area contributed by atoms with Crippen LogP contribution in [0.5, 0.6) is 5.75 Å². The minimum absolute atomic E-state index is 0. The molecule has 2 heterocycles. The van der Waals surface area contributed by atoms with Crippen LogP contribution in [0.2, 0.25) is 0 Å². The van der Waals surface area contributed by atoms with Gasteiger partial charge in [0.05, 0.1) is 25.9 Å². The second kappa shape index (κ2) is 11.4. The van der Waals surface area contributed by atoms with Crippen LogP contribution >= 0.6 is 24.0 Å². The van der Waals surface area contributed by atoms with Gasteiger partial charge in [-0.15, -0.1) is 24.0 Å². The Morgan fingerprint density at radius 2 is 2.17 bits per heavy atom. The number of morpholine rings is 1. The Labute approximate surface area is 190 Å². The van der Waals surface area contributed by atoms with E-state index in [0.717, 1.165) is 30.4 Å². The van der Waals surface area contributed by atoms with Crippen molar-refractivity contribution in [2.45, 2.75) is 25.9 Å². The van der Waals surface area contributed by atoms with Crippen LogP contribution in [0.1, 0.15) is 37.0 Å².